The Morgan fingerprint density at radius 3 is 2.67 bits per heavy atom. The second-order valence-electron chi connectivity index (χ2n) is 6.58. The third-order valence-electron chi connectivity index (χ3n) is 4.41. The molecular formula is C17H23ClN2O4. The minimum atomic E-state index is -0.171. The molecule has 0 bridgehead atoms. The van der Waals surface area contributed by atoms with Crippen molar-refractivity contribution in [3.63, 3.8) is 0 Å². The maximum Gasteiger partial charge on any atom is 0.251 e. The highest BCUT2D eigenvalue weighted by Crippen LogP contribution is 2.38. The van der Waals surface area contributed by atoms with Crippen LogP contribution in [0.2, 0.25) is 5.02 Å². The predicted molar refractivity (Wildman–Crippen MR) is 91.2 cm³/mol. The molecular weight excluding hydrogens is 332 g/mol. The standard InChI is InChI=1S/C17H23ClN2O4/c1-17(2,20-3-5-22-6-4-20)11-19-16(21)12-9-13(18)15-14(10-12)23-7-8-24-15/h9-10H,3-8,11H2,1-2H3,(H,19,21). The van der Waals surface area contributed by atoms with Gasteiger partial charge in [0.15, 0.2) is 11.5 Å². The third kappa shape index (κ3) is 3.77. The third-order valence-corrected chi connectivity index (χ3v) is 4.69. The summed E-state index contributed by atoms with van der Waals surface area (Å²) in [5.41, 5.74) is 0.332. The minimum absolute atomic E-state index is 0.142. The van der Waals surface area contributed by atoms with Gasteiger partial charge in [-0.1, -0.05) is 11.6 Å². The molecule has 1 aromatic carbocycles. The lowest BCUT2D eigenvalue weighted by Crippen LogP contribution is -2.55. The van der Waals surface area contributed by atoms with Crippen LogP contribution in [-0.4, -0.2) is 62.4 Å². The summed E-state index contributed by atoms with van der Waals surface area (Å²) in [5, 5.41) is 3.39. The fourth-order valence-corrected chi connectivity index (χ4v) is 3.19. The van der Waals surface area contributed by atoms with Gasteiger partial charge in [-0.25, -0.2) is 0 Å². The monoisotopic (exact) mass is 354 g/mol. The molecule has 1 saturated heterocycles. The molecule has 0 aromatic heterocycles. The first-order chi connectivity index (χ1) is 11.5. The zero-order chi connectivity index (χ0) is 17.2. The second kappa shape index (κ2) is 7.17. The van der Waals surface area contributed by atoms with Gasteiger partial charge < -0.3 is 19.5 Å². The Kier molecular flexibility index (Phi) is 5.18. The fourth-order valence-electron chi connectivity index (χ4n) is 2.92. The van der Waals surface area contributed by atoms with Crippen LogP contribution >= 0.6 is 11.6 Å². The molecule has 132 valence electrons. The molecule has 1 fully saturated rings. The Morgan fingerprint density at radius 1 is 1.21 bits per heavy atom. The van der Waals surface area contributed by atoms with E-state index in [1.54, 1.807) is 12.1 Å². The molecule has 0 radical (unpaired) electrons. The highest BCUT2D eigenvalue weighted by atomic mass is 35.5. The van der Waals surface area contributed by atoms with Crippen molar-refractivity contribution < 1.29 is 19.0 Å². The molecule has 2 aliphatic heterocycles. The number of carbonyl (C=O) groups excluding carboxylic acids is 1. The van der Waals surface area contributed by atoms with Gasteiger partial charge >= 0.3 is 0 Å². The topological polar surface area (TPSA) is 60.0 Å². The van der Waals surface area contributed by atoms with E-state index in [1.807, 2.05) is 0 Å². The van der Waals surface area contributed by atoms with E-state index in [2.05, 4.69) is 24.1 Å². The molecule has 2 aliphatic rings. The van der Waals surface area contributed by atoms with Gasteiger partial charge in [-0.05, 0) is 26.0 Å². The largest absolute Gasteiger partial charge is 0.486 e. The van der Waals surface area contributed by atoms with Crippen molar-refractivity contribution in [3.05, 3.63) is 22.7 Å². The predicted octanol–water partition coefficient (Wildman–Crippen LogP) is 1.95. The molecule has 3 rings (SSSR count). The van der Waals surface area contributed by atoms with Crippen LogP contribution in [0.3, 0.4) is 0 Å². The van der Waals surface area contributed by atoms with Crippen molar-refractivity contribution in [3.8, 4) is 11.5 Å². The summed E-state index contributed by atoms with van der Waals surface area (Å²) in [5.74, 6) is 0.856. The maximum atomic E-state index is 12.5. The van der Waals surface area contributed by atoms with Gasteiger partial charge in [-0.3, -0.25) is 9.69 Å². The van der Waals surface area contributed by atoms with Gasteiger partial charge in [0.1, 0.15) is 13.2 Å². The molecule has 0 atom stereocenters. The number of rotatable bonds is 4. The molecule has 0 aliphatic carbocycles. The first-order valence-electron chi connectivity index (χ1n) is 8.17. The summed E-state index contributed by atoms with van der Waals surface area (Å²) in [6.45, 7) is 8.91. The molecule has 0 spiro atoms. The molecule has 1 aromatic rings. The number of nitrogens with one attached hydrogen (secondary N) is 1. The zero-order valence-electron chi connectivity index (χ0n) is 14.1. The Hall–Kier alpha value is -1.50. The number of hydrogen-bond acceptors (Lipinski definition) is 5. The first kappa shape index (κ1) is 17.3. The number of hydrogen-bond donors (Lipinski definition) is 1. The number of ether oxygens (including phenoxy) is 3. The number of halogens is 1. The van der Waals surface area contributed by atoms with E-state index in [-0.39, 0.29) is 11.4 Å². The van der Waals surface area contributed by atoms with Crippen LogP contribution in [0.4, 0.5) is 0 Å². The number of morpholine rings is 1. The molecule has 1 amide bonds. The van der Waals surface area contributed by atoms with E-state index in [0.717, 1.165) is 26.3 Å². The molecule has 24 heavy (non-hydrogen) atoms. The Morgan fingerprint density at radius 2 is 1.92 bits per heavy atom. The minimum Gasteiger partial charge on any atom is -0.486 e. The molecule has 6 nitrogen and oxygen atoms in total. The van der Waals surface area contributed by atoms with Crippen LogP contribution in [-0.2, 0) is 4.74 Å². The summed E-state index contributed by atoms with van der Waals surface area (Å²) in [4.78, 5) is 14.8. The van der Waals surface area contributed by atoms with Crippen molar-refractivity contribution in [2.24, 2.45) is 0 Å². The van der Waals surface area contributed by atoms with E-state index >= 15 is 0 Å². The summed E-state index contributed by atoms with van der Waals surface area (Å²) in [7, 11) is 0. The van der Waals surface area contributed by atoms with Crippen LogP contribution in [0.25, 0.3) is 0 Å². The van der Waals surface area contributed by atoms with Crippen molar-refractivity contribution >= 4 is 17.5 Å². The molecule has 0 unspecified atom stereocenters. The highest BCUT2D eigenvalue weighted by molar-refractivity contribution is 6.32. The fraction of sp³-hybridized carbons (Fsp3) is 0.588. The first-order valence-corrected chi connectivity index (χ1v) is 8.55. The lowest BCUT2D eigenvalue weighted by molar-refractivity contribution is -0.00923. The van der Waals surface area contributed by atoms with E-state index in [9.17, 15) is 4.79 Å². The summed E-state index contributed by atoms with van der Waals surface area (Å²) in [6, 6.07) is 3.30. The molecule has 7 heteroatoms. The van der Waals surface area contributed by atoms with Gasteiger partial charge in [0.25, 0.3) is 5.91 Å². The van der Waals surface area contributed by atoms with Crippen molar-refractivity contribution in [1.82, 2.24) is 10.2 Å². The summed E-state index contributed by atoms with van der Waals surface area (Å²) < 4.78 is 16.4. The molecule has 2 heterocycles. The summed E-state index contributed by atoms with van der Waals surface area (Å²) in [6.07, 6.45) is 0. The number of benzene rings is 1. The van der Waals surface area contributed by atoms with Gasteiger partial charge in [-0.2, -0.15) is 0 Å². The lowest BCUT2D eigenvalue weighted by atomic mass is 10.0. The van der Waals surface area contributed by atoms with E-state index in [0.29, 0.717) is 41.8 Å². The molecule has 1 N–H and O–H groups in total. The highest BCUT2D eigenvalue weighted by Gasteiger charge is 2.29. The van der Waals surface area contributed by atoms with Gasteiger partial charge in [0, 0.05) is 30.7 Å². The smallest absolute Gasteiger partial charge is 0.251 e. The summed E-state index contributed by atoms with van der Waals surface area (Å²) >= 11 is 6.20. The number of nitrogens with zero attached hydrogens (tertiary/aromatic N) is 1. The van der Waals surface area contributed by atoms with Gasteiger partial charge in [0.05, 0.1) is 18.2 Å². The van der Waals surface area contributed by atoms with Gasteiger partial charge in [0.2, 0.25) is 0 Å². The average molecular weight is 355 g/mol. The zero-order valence-corrected chi connectivity index (χ0v) is 14.8. The van der Waals surface area contributed by atoms with Crippen molar-refractivity contribution in [2.75, 3.05) is 46.1 Å². The normalized spacial score (nSPS) is 18.3. The van der Waals surface area contributed by atoms with Crippen LogP contribution in [0.15, 0.2) is 12.1 Å². The number of amides is 1. The van der Waals surface area contributed by atoms with Gasteiger partial charge in [-0.15, -0.1) is 0 Å². The molecule has 0 saturated carbocycles. The second-order valence-corrected chi connectivity index (χ2v) is 6.98. The van der Waals surface area contributed by atoms with Crippen molar-refractivity contribution in [1.29, 1.82) is 0 Å². The average Bonchev–Trinajstić information content (AvgIpc) is 2.60. The quantitative estimate of drug-likeness (QED) is 0.895. The Balaban J connectivity index is 1.65. The lowest BCUT2D eigenvalue weighted by Gasteiger charge is -2.40. The van der Waals surface area contributed by atoms with E-state index in [1.165, 1.54) is 0 Å². The van der Waals surface area contributed by atoms with Crippen LogP contribution in [0, 0.1) is 0 Å². The maximum absolute atomic E-state index is 12.5. The van der Waals surface area contributed by atoms with Crippen molar-refractivity contribution in [2.45, 2.75) is 19.4 Å². The van der Waals surface area contributed by atoms with Crippen LogP contribution in [0.5, 0.6) is 11.5 Å². The Bertz CT molecular complexity index is 615. The van der Waals surface area contributed by atoms with E-state index < -0.39 is 0 Å². The van der Waals surface area contributed by atoms with Crippen LogP contribution < -0.4 is 14.8 Å². The number of fused-ring (bicyclic) bond motifs is 1. The Labute approximate surface area is 147 Å². The SMILES string of the molecule is CC(C)(CNC(=O)c1cc(Cl)c2c(c1)OCCO2)N1CCOCC1. The van der Waals surface area contributed by atoms with E-state index in [4.69, 9.17) is 25.8 Å². The number of carbonyl (C=O) groups is 1. The van der Waals surface area contributed by atoms with Crippen LogP contribution in [0.1, 0.15) is 24.2 Å².